The molecular weight excluding hydrogens is 387 g/mol. The Hall–Kier alpha value is -2.89. The second kappa shape index (κ2) is 10.2. The molecule has 162 valence electrons. The van der Waals surface area contributed by atoms with E-state index in [1.54, 1.807) is 58.9 Å². The zero-order valence-electron chi connectivity index (χ0n) is 18.1. The zero-order chi connectivity index (χ0) is 22.3. The first-order chi connectivity index (χ1) is 14.0. The third-order valence-corrected chi connectivity index (χ3v) is 4.23. The van der Waals surface area contributed by atoms with Crippen molar-refractivity contribution in [2.45, 2.75) is 58.8 Å². The second-order valence-corrected chi connectivity index (χ2v) is 8.24. The summed E-state index contributed by atoms with van der Waals surface area (Å²) in [5, 5.41) is 0. The Morgan fingerprint density at radius 1 is 0.967 bits per heavy atom. The molecule has 3 atom stereocenters. The lowest BCUT2D eigenvalue weighted by Gasteiger charge is -2.27. The monoisotopic (exact) mass is 416 g/mol. The SMILES string of the molecule is C[C@H](CC(=O)OC(C)(C)C)C(=O)O[C@@H](C)[C@H](Oc1ccccc1)c1ccc(F)cc1. The van der Waals surface area contributed by atoms with Crippen LogP contribution in [0.15, 0.2) is 54.6 Å². The average molecular weight is 416 g/mol. The Bertz CT molecular complexity index is 827. The maximum atomic E-state index is 13.4. The molecule has 0 spiro atoms. The number of carbonyl (C=O) groups excluding carboxylic acids is 2. The summed E-state index contributed by atoms with van der Waals surface area (Å²) in [5.41, 5.74) is 0.0472. The van der Waals surface area contributed by atoms with E-state index in [2.05, 4.69) is 0 Å². The van der Waals surface area contributed by atoms with E-state index in [0.717, 1.165) is 0 Å². The molecule has 30 heavy (non-hydrogen) atoms. The van der Waals surface area contributed by atoms with Crippen molar-refractivity contribution >= 4 is 11.9 Å². The quantitative estimate of drug-likeness (QED) is 0.551. The predicted octanol–water partition coefficient (Wildman–Crippen LogP) is 5.25. The summed E-state index contributed by atoms with van der Waals surface area (Å²) in [7, 11) is 0. The summed E-state index contributed by atoms with van der Waals surface area (Å²) >= 11 is 0. The summed E-state index contributed by atoms with van der Waals surface area (Å²) in [4.78, 5) is 24.5. The normalized spacial score (nSPS) is 14.3. The summed E-state index contributed by atoms with van der Waals surface area (Å²) in [6.45, 7) is 8.62. The highest BCUT2D eigenvalue weighted by atomic mass is 19.1. The molecular formula is C24H29FO5. The van der Waals surface area contributed by atoms with Crippen molar-refractivity contribution in [3.05, 3.63) is 66.0 Å². The van der Waals surface area contributed by atoms with E-state index in [9.17, 15) is 14.0 Å². The van der Waals surface area contributed by atoms with Crippen LogP contribution in [0.1, 0.15) is 52.7 Å². The number of para-hydroxylation sites is 1. The van der Waals surface area contributed by atoms with Crippen LogP contribution in [-0.4, -0.2) is 23.6 Å². The van der Waals surface area contributed by atoms with Crippen LogP contribution in [0.2, 0.25) is 0 Å². The summed E-state index contributed by atoms with van der Waals surface area (Å²) in [5.74, 6) is -1.44. The molecule has 2 aromatic carbocycles. The van der Waals surface area contributed by atoms with Crippen molar-refractivity contribution in [2.24, 2.45) is 5.92 Å². The van der Waals surface area contributed by atoms with E-state index in [1.807, 2.05) is 18.2 Å². The van der Waals surface area contributed by atoms with Gasteiger partial charge in [0.1, 0.15) is 23.3 Å². The number of carbonyl (C=O) groups is 2. The molecule has 0 saturated heterocycles. The van der Waals surface area contributed by atoms with Gasteiger partial charge in [0.25, 0.3) is 0 Å². The highest BCUT2D eigenvalue weighted by molar-refractivity contribution is 5.79. The molecule has 0 saturated carbocycles. The first kappa shape index (κ1) is 23.4. The topological polar surface area (TPSA) is 61.8 Å². The number of ether oxygens (including phenoxy) is 3. The number of esters is 2. The largest absolute Gasteiger partial charge is 0.482 e. The molecule has 6 heteroatoms. The minimum atomic E-state index is -0.677. The van der Waals surface area contributed by atoms with E-state index in [4.69, 9.17) is 14.2 Å². The van der Waals surface area contributed by atoms with Gasteiger partial charge in [-0.1, -0.05) is 37.3 Å². The van der Waals surface area contributed by atoms with E-state index < -0.39 is 35.7 Å². The highest BCUT2D eigenvalue weighted by Crippen LogP contribution is 2.27. The van der Waals surface area contributed by atoms with Crippen LogP contribution in [0.5, 0.6) is 5.75 Å². The molecule has 0 heterocycles. The Morgan fingerprint density at radius 2 is 1.57 bits per heavy atom. The maximum absolute atomic E-state index is 13.4. The van der Waals surface area contributed by atoms with Crippen molar-refractivity contribution in [2.75, 3.05) is 0 Å². The third-order valence-electron chi connectivity index (χ3n) is 4.23. The van der Waals surface area contributed by atoms with E-state index >= 15 is 0 Å². The molecule has 0 unspecified atom stereocenters. The predicted molar refractivity (Wildman–Crippen MR) is 111 cm³/mol. The van der Waals surface area contributed by atoms with Crippen molar-refractivity contribution < 1.29 is 28.2 Å². The molecule has 0 aromatic heterocycles. The summed E-state index contributed by atoms with van der Waals surface area (Å²) < 4.78 is 30.3. The average Bonchev–Trinajstić information content (AvgIpc) is 2.66. The molecule has 0 bridgehead atoms. The number of rotatable bonds is 8. The van der Waals surface area contributed by atoms with Gasteiger partial charge in [-0.05, 0) is 57.5 Å². The Balaban J connectivity index is 2.09. The smallest absolute Gasteiger partial charge is 0.309 e. The molecule has 0 aliphatic carbocycles. The van der Waals surface area contributed by atoms with Crippen LogP contribution in [0.4, 0.5) is 4.39 Å². The zero-order valence-corrected chi connectivity index (χ0v) is 18.1. The first-order valence-electron chi connectivity index (χ1n) is 9.94. The van der Waals surface area contributed by atoms with Gasteiger partial charge in [-0.2, -0.15) is 0 Å². The molecule has 0 aliphatic heterocycles. The van der Waals surface area contributed by atoms with E-state index in [1.165, 1.54) is 12.1 Å². The lowest BCUT2D eigenvalue weighted by atomic mass is 10.0. The molecule has 2 rings (SSSR count). The van der Waals surface area contributed by atoms with Gasteiger partial charge in [0.05, 0.1) is 12.3 Å². The lowest BCUT2D eigenvalue weighted by Crippen LogP contribution is -2.31. The lowest BCUT2D eigenvalue weighted by molar-refractivity contribution is -0.165. The van der Waals surface area contributed by atoms with Crippen molar-refractivity contribution in [3.63, 3.8) is 0 Å². The summed E-state index contributed by atoms with van der Waals surface area (Å²) in [6.07, 6.45) is -1.40. The molecule has 5 nitrogen and oxygen atoms in total. The molecule has 0 fully saturated rings. The van der Waals surface area contributed by atoms with Gasteiger partial charge in [-0.3, -0.25) is 9.59 Å². The fourth-order valence-corrected chi connectivity index (χ4v) is 2.81. The standard InChI is InChI=1S/C24H29FO5/c1-16(15-21(26)30-24(3,4)5)23(27)28-17(2)22(18-11-13-19(25)14-12-18)29-20-9-7-6-8-10-20/h6-14,16-17,22H,15H2,1-5H3/t16-,17+,22+/m1/s1. The van der Waals surface area contributed by atoms with Gasteiger partial charge < -0.3 is 14.2 Å². The number of halogens is 1. The van der Waals surface area contributed by atoms with Gasteiger partial charge in [-0.25, -0.2) is 4.39 Å². The van der Waals surface area contributed by atoms with Crippen molar-refractivity contribution in [3.8, 4) is 5.75 Å². The van der Waals surface area contributed by atoms with Gasteiger partial charge in [0.2, 0.25) is 0 Å². The first-order valence-corrected chi connectivity index (χ1v) is 9.94. The van der Waals surface area contributed by atoms with E-state index in [-0.39, 0.29) is 12.2 Å². The number of hydrogen-bond acceptors (Lipinski definition) is 5. The highest BCUT2D eigenvalue weighted by Gasteiger charge is 2.29. The third kappa shape index (κ3) is 7.50. The van der Waals surface area contributed by atoms with Crippen molar-refractivity contribution in [1.29, 1.82) is 0 Å². The maximum Gasteiger partial charge on any atom is 0.309 e. The molecule has 0 radical (unpaired) electrons. The van der Waals surface area contributed by atoms with Crippen LogP contribution in [0, 0.1) is 11.7 Å². The molecule has 0 amide bonds. The van der Waals surface area contributed by atoms with E-state index in [0.29, 0.717) is 11.3 Å². The van der Waals surface area contributed by atoms with Gasteiger partial charge in [-0.15, -0.1) is 0 Å². The Labute approximate surface area is 177 Å². The molecule has 2 aromatic rings. The van der Waals surface area contributed by atoms with Gasteiger partial charge >= 0.3 is 11.9 Å². The number of hydrogen-bond donors (Lipinski definition) is 0. The van der Waals surface area contributed by atoms with Crippen LogP contribution in [0.3, 0.4) is 0 Å². The van der Waals surface area contributed by atoms with Crippen LogP contribution >= 0.6 is 0 Å². The van der Waals surface area contributed by atoms with Crippen molar-refractivity contribution in [1.82, 2.24) is 0 Å². The van der Waals surface area contributed by atoms with Crippen LogP contribution in [-0.2, 0) is 19.1 Å². The minimum Gasteiger partial charge on any atom is -0.482 e. The Morgan fingerprint density at radius 3 is 2.13 bits per heavy atom. The van der Waals surface area contributed by atoms with Crippen LogP contribution < -0.4 is 4.74 Å². The molecule has 0 aliphatic rings. The second-order valence-electron chi connectivity index (χ2n) is 8.24. The number of benzene rings is 2. The van der Waals surface area contributed by atoms with Gasteiger partial charge in [0, 0.05) is 0 Å². The fourth-order valence-electron chi connectivity index (χ4n) is 2.81. The summed E-state index contributed by atoms with van der Waals surface area (Å²) in [6, 6.07) is 14.9. The van der Waals surface area contributed by atoms with Gasteiger partial charge in [0.15, 0.2) is 6.10 Å². The minimum absolute atomic E-state index is 0.0798. The fraction of sp³-hybridized carbons (Fsp3) is 0.417. The Kier molecular flexibility index (Phi) is 7.98. The molecule has 0 N–H and O–H groups in total. The van der Waals surface area contributed by atoms with Crippen LogP contribution in [0.25, 0.3) is 0 Å².